The van der Waals surface area contributed by atoms with Gasteiger partial charge in [-0.25, -0.2) is 4.98 Å². The van der Waals surface area contributed by atoms with Gasteiger partial charge in [0.2, 0.25) is 0 Å². The molecule has 3 rings (SSSR count). The summed E-state index contributed by atoms with van der Waals surface area (Å²) < 4.78 is 0.906. The number of aromatic nitrogens is 2. The van der Waals surface area contributed by atoms with Gasteiger partial charge in [-0.1, -0.05) is 0 Å². The van der Waals surface area contributed by atoms with E-state index in [1.54, 1.807) is 0 Å². The van der Waals surface area contributed by atoms with E-state index in [0.717, 1.165) is 10.3 Å². The van der Waals surface area contributed by atoms with Gasteiger partial charge in [0.15, 0.2) is 0 Å². The minimum Gasteiger partial charge on any atom is -0.343 e. The van der Waals surface area contributed by atoms with Gasteiger partial charge in [-0.2, -0.15) is 0 Å². The Hall–Kier alpha value is -0.830. The van der Waals surface area contributed by atoms with Crippen molar-refractivity contribution in [3.63, 3.8) is 0 Å². The monoisotopic (exact) mass is 250 g/mol. The fourth-order valence-electron chi connectivity index (χ4n) is 2.26. The standard InChI is InChI=1S/C11H11BrN2/c12-10-6-5-8-7-3-1-2-4-9(7)13-11(8)14-10/h5-6H,1-4H2,(H,13,14). The van der Waals surface area contributed by atoms with Gasteiger partial charge in [0.1, 0.15) is 10.3 Å². The lowest BCUT2D eigenvalue weighted by Crippen LogP contribution is -1.99. The highest BCUT2D eigenvalue weighted by atomic mass is 79.9. The molecule has 1 N–H and O–H groups in total. The smallest absolute Gasteiger partial charge is 0.139 e. The molecule has 2 nitrogen and oxygen atoms in total. The Kier molecular flexibility index (Phi) is 1.87. The predicted molar refractivity (Wildman–Crippen MR) is 60.4 cm³/mol. The Bertz CT molecular complexity index is 487. The van der Waals surface area contributed by atoms with E-state index in [1.165, 1.54) is 42.3 Å². The third-order valence-corrected chi connectivity index (χ3v) is 3.37. The Labute approximate surface area is 90.9 Å². The lowest BCUT2D eigenvalue weighted by atomic mass is 9.96. The van der Waals surface area contributed by atoms with Gasteiger partial charge in [-0.05, 0) is 59.3 Å². The van der Waals surface area contributed by atoms with Crippen LogP contribution in [-0.2, 0) is 12.8 Å². The van der Waals surface area contributed by atoms with Gasteiger partial charge in [0, 0.05) is 11.1 Å². The molecule has 14 heavy (non-hydrogen) atoms. The van der Waals surface area contributed by atoms with Crippen molar-refractivity contribution in [3.8, 4) is 0 Å². The van der Waals surface area contributed by atoms with Gasteiger partial charge >= 0.3 is 0 Å². The molecule has 0 aromatic carbocycles. The van der Waals surface area contributed by atoms with Crippen LogP contribution in [0.3, 0.4) is 0 Å². The molecule has 2 heterocycles. The van der Waals surface area contributed by atoms with Crippen LogP contribution in [0.4, 0.5) is 0 Å². The molecule has 2 aromatic rings. The molecule has 0 unspecified atom stereocenters. The molecule has 1 aliphatic carbocycles. The molecular weight excluding hydrogens is 240 g/mol. The van der Waals surface area contributed by atoms with Crippen LogP contribution in [0.5, 0.6) is 0 Å². The van der Waals surface area contributed by atoms with Crippen molar-refractivity contribution in [2.45, 2.75) is 25.7 Å². The number of aryl methyl sites for hydroxylation is 2. The summed E-state index contributed by atoms with van der Waals surface area (Å²) in [6.07, 6.45) is 5.01. The molecule has 0 aliphatic heterocycles. The molecule has 72 valence electrons. The maximum Gasteiger partial charge on any atom is 0.139 e. The molecule has 0 bridgehead atoms. The highest BCUT2D eigenvalue weighted by Crippen LogP contribution is 2.28. The maximum absolute atomic E-state index is 4.44. The lowest BCUT2D eigenvalue weighted by Gasteiger charge is -2.09. The summed E-state index contributed by atoms with van der Waals surface area (Å²) in [5.41, 5.74) is 3.93. The summed E-state index contributed by atoms with van der Waals surface area (Å²) in [4.78, 5) is 7.86. The van der Waals surface area contributed by atoms with Crippen molar-refractivity contribution in [2.75, 3.05) is 0 Å². The minimum absolute atomic E-state index is 0.906. The number of hydrogen-bond donors (Lipinski definition) is 1. The third kappa shape index (κ3) is 1.19. The third-order valence-electron chi connectivity index (χ3n) is 2.92. The SMILES string of the molecule is Brc1ccc2c3c([nH]c2n1)CCCC3. The Morgan fingerprint density at radius 1 is 1.21 bits per heavy atom. The number of pyridine rings is 1. The molecule has 2 aromatic heterocycles. The zero-order chi connectivity index (χ0) is 9.54. The molecule has 3 heteroatoms. The molecule has 0 saturated carbocycles. The second-order valence-electron chi connectivity index (χ2n) is 3.82. The van der Waals surface area contributed by atoms with Crippen molar-refractivity contribution < 1.29 is 0 Å². The van der Waals surface area contributed by atoms with Crippen LogP contribution in [-0.4, -0.2) is 9.97 Å². The van der Waals surface area contributed by atoms with Crippen LogP contribution >= 0.6 is 15.9 Å². The van der Waals surface area contributed by atoms with E-state index in [1.807, 2.05) is 6.07 Å². The number of aromatic amines is 1. The first-order valence-corrected chi connectivity index (χ1v) is 5.80. The molecule has 0 atom stereocenters. The van der Waals surface area contributed by atoms with E-state index >= 15 is 0 Å². The van der Waals surface area contributed by atoms with Gasteiger partial charge in [-0.3, -0.25) is 0 Å². The molecule has 0 amide bonds. The molecule has 0 radical (unpaired) electrons. The first-order chi connectivity index (χ1) is 6.84. The van der Waals surface area contributed by atoms with Gasteiger partial charge in [-0.15, -0.1) is 0 Å². The Morgan fingerprint density at radius 3 is 3.00 bits per heavy atom. The number of H-pyrrole nitrogens is 1. The molecule has 0 fully saturated rings. The number of halogens is 1. The second kappa shape index (κ2) is 3.09. The molecule has 1 aliphatic rings. The van der Waals surface area contributed by atoms with E-state index < -0.39 is 0 Å². The summed E-state index contributed by atoms with van der Waals surface area (Å²) in [6, 6.07) is 4.18. The number of rotatable bonds is 0. The van der Waals surface area contributed by atoms with Crippen LogP contribution in [0, 0.1) is 0 Å². The summed E-state index contributed by atoms with van der Waals surface area (Å²) in [6.45, 7) is 0. The largest absolute Gasteiger partial charge is 0.343 e. The molecular formula is C11H11BrN2. The highest BCUT2D eigenvalue weighted by Gasteiger charge is 2.15. The van der Waals surface area contributed by atoms with Gasteiger partial charge in [0.25, 0.3) is 0 Å². The van der Waals surface area contributed by atoms with E-state index in [-0.39, 0.29) is 0 Å². The fraction of sp³-hybridized carbons (Fsp3) is 0.364. The van der Waals surface area contributed by atoms with Gasteiger partial charge in [0.05, 0.1) is 0 Å². The topological polar surface area (TPSA) is 28.7 Å². The van der Waals surface area contributed by atoms with Crippen molar-refractivity contribution in [1.29, 1.82) is 0 Å². The zero-order valence-electron chi connectivity index (χ0n) is 7.81. The van der Waals surface area contributed by atoms with Crippen molar-refractivity contribution in [2.24, 2.45) is 0 Å². The maximum atomic E-state index is 4.44. The van der Waals surface area contributed by atoms with Crippen LogP contribution < -0.4 is 0 Å². The van der Waals surface area contributed by atoms with Crippen molar-refractivity contribution >= 4 is 27.0 Å². The Morgan fingerprint density at radius 2 is 2.07 bits per heavy atom. The molecule has 0 spiro atoms. The number of nitrogens with zero attached hydrogens (tertiary/aromatic N) is 1. The fourth-order valence-corrected chi connectivity index (χ4v) is 2.57. The predicted octanol–water partition coefficient (Wildman–Crippen LogP) is 3.20. The number of hydrogen-bond acceptors (Lipinski definition) is 1. The van der Waals surface area contributed by atoms with Crippen LogP contribution in [0.1, 0.15) is 24.1 Å². The van der Waals surface area contributed by atoms with E-state index in [0.29, 0.717) is 0 Å². The number of fused-ring (bicyclic) bond motifs is 3. The van der Waals surface area contributed by atoms with Crippen LogP contribution in [0.15, 0.2) is 16.7 Å². The van der Waals surface area contributed by atoms with Crippen LogP contribution in [0.25, 0.3) is 11.0 Å². The summed E-state index contributed by atoms with van der Waals surface area (Å²) in [7, 11) is 0. The first-order valence-electron chi connectivity index (χ1n) is 5.00. The van der Waals surface area contributed by atoms with Gasteiger partial charge < -0.3 is 4.98 Å². The normalized spacial score (nSPS) is 15.8. The Balaban J connectivity index is 2.31. The van der Waals surface area contributed by atoms with E-state index in [2.05, 4.69) is 32.0 Å². The molecule has 0 saturated heterocycles. The first kappa shape index (κ1) is 8.48. The number of nitrogens with one attached hydrogen (secondary N) is 1. The zero-order valence-corrected chi connectivity index (χ0v) is 9.39. The van der Waals surface area contributed by atoms with Crippen LogP contribution in [0.2, 0.25) is 0 Å². The highest BCUT2D eigenvalue weighted by molar-refractivity contribution is 9.10. The average molecular weight is 251 g/mol. The van der Waals surface area contributed by atoms with E-state index in [4.69, 9.17) is 0 Å². The lowest BCUT2D eigenvalue weighted by molar-refractivity contribution is 0.680. The van der Waals surface area contributed by atoms with Crippen molar-refractivity contribution in [1.82, 2.24) is 9.97 Å². The minimum atomic E-state index is 0.906. The van der Waals surface area contributed by atoms with Crippen molar-refractivity contribution in [3.05, 3.63) is 28.0 Å². The summed E-state index contributed by atoms with van der Waals surface area (Å²) >= 11 is 3.39. The van der Waals surface area contributed by atoms with E-state index in [9.17, 15) is 0 Å². The quantitative estimate of drug-likeness (QED) is 0.715. The summed E-state index contributed by atoms with van der Waals surface area (Å²) in [5, 5.41) is 1.31. The second-order valence-corrected chi connectivity index (χ2v) is 4.63. The average Bonchev–Trinajstić information content (AvgIpc) is 2.54. The summed E-state index contributed by atoms with van der Waals surface area (Å²) in [5.74, 6) is 0.